The molecule has 154 valence electrons. The number of rotatable bonds is 6. The van der Waals surface area contributed by atoms with Gasteiger partial charge in [-0.1, -0.05) is 18.2 Å². The minimum absolute atomic E-state index is 0.144. The number of amides is 1. The van der Waals surface area contributed by atoms with Gasteiger partial charge in [0, 0.05) is 17.7 Å². The summed E-state index contributed by atoms with van der Waals surface area (Å²) in [5.74, 6) is -1.28. The molecule has 0 spiro atoms. The van der Waals surface area contributed by atoms with Gasteiger partial charge < -0.3 is 5.32 Å². The minimum atomic E-state index is -4.06. The maximum absolute atomic E-state index is 13.7. The number of nitrogens with zero attached hydrogens (tertiary/aromatic N) is 1. The summed E-state index contributed by atoms with van der Waals surface area (Å²) in [6.45, 7) is 1.68. The highest BCUT2D eigenvalue weighted by atomic mass is 32.2. The van der Waals surface area contributed by atoms with Crippen LogP contribution in [0, 0.1) is 22.9 Å². The number of carbonyl (C=O) groups is 1. The van der Waals surface area contributed by atoms with Crippen LogP contribution in [0.4, 0.5) is 21.5 Å². The first-order valence-electron chi connectivity index (χ1n) is 8.61. The molecule has 0 aromatic heterocycles. The number of carbonyl (C=O) groups excluding carboxylic acids is 1. The third-order valence-corrected chi connectivity index (χ3v) is 5.61. The number of halogens is 1. The van der Waals surface area contributed by atoms with Crippen LogP contribution in [0.15, 0.2) is 71.6 Å². The molecule has 0 unspecified atom stereocenters. The van der Waals surface area contributed by atoms with Gasteiger partial charge in [0.1, 0.15) is 5.82 Å². The SMILES string of the molecule is Cc1ccc([N+](=O)[O-])cc1NC(=O)c1ccc(S(=O)(=O)Nc2ccccc2F)cc1. The van der Waals surface area contributed by atoms with E-state index in [1.165, 1.54) is 60.7 Å². The van der Waals surface area contributed by atoms with Gasteiger partial charge in [0.2, 0.25) is 0 Å². The van der Waals surface area contributed by atoms with Crippen LogP contribution in [0.1, 0.15) is 15.9 Å². The van der Waals surface area contributed by atoms with Crippen molar-refractivity contribution in [2.45, 2.75) is 11.8 Å². The summed E-state index contributed by atoms with van der Waals surface area (Å²) < 4.78 is 40.7. The van der Waals surface area contributed by atoms with Gasteiger partial charge in [-0.3, -0.25) is 19.6 Å². The lowest BCUT2D eigenvalue weighted by Gasteiger charge is -2.10. The van der Waals surface area contributed by atoms with Crippen LogP contribution in [0.3, 0.4) is 0 Å². The summed E-state index contributed by atoms with van der Waals surface area (Å²) in [4.78, 5) is 22.6. The number of benzene rings is 3. The normalized spacial score (nSPS) is 11.0. The molecule has 30 heavy (non-hydrogen) atoms. The molecule has 1 amide bonds. The van der Waals surface area contributed by atoms with Crippen molar-refractivity contribution in [1.82, 2.24) is 0 Å². The third kappa shape index (κ3) is 4.61. The number of sulfonamides is 1. The van der Waals surface area contributed by atoms with E-state index < -0.39 is 26.7 Å². The van der Waals surface area contributed by atoms with Gasteiger partial charge in [-0.05, 0) is 48.9 Å². The van der Waals surface area contributed by atoms with E-state index in [1.54, 1.807) is 6.92 Å². The second kappa shape index (κ2) is 8.29. The van der Waals surface area contributed by atoms with Gasteiger partial charge in [-0.15, -0.1) is 0 Å². The number of aryl methyl sites for hydroxylation is 1. The van der Waals surface area contributed by atoms with E-state index in [4.69, 9.17) is 0 Å². The lowest BCUT2D eigenvalue weighted by atomic mass is 10.1. The lowest BCUT2D eigenvalue weighted by Crippen LogP contribution is -2.15. The van der Waals surface area contributed by atoms with E-state index >= 15 is 0 Å². The number of hydrogen-bond donors (Lipinski definition) is 2. The number of nitro groups is 1. The molecular weight excluding hydrogens is 413 g/mol. The number of nitrogens with one attached hydrogen (secondary N) is 2. The third-order valence-electron chi connectivity index (χ3n) is 4.23. The zero-order valence-electron chi connectivity index (χ0n) is 15.6. The van der Waals surface area contributed by atoms with Crippen LogP contribution in [-0.4, -0.2) is 19.2 Å². The smallest absolute Gasteiger partial charge is 0.271 e. The molecule has 0 aliphatic carbocycles. The van der Waals surface area contributed by atoms with Crippen molar-refractivity contribution in [3.8, 4) is 0 Å². The highest BCUT2D eigenvalue weighted by molar-refractivity contribution is 7.92. The zero-order valence-corrected chi connectivity index (χ0v) is 16.4. The Balaban J connectivity index is 1.78. The van der Waals surface area contributed by atoms with Crippen molar-refractivity contribution in [1.29, 1.82) is 0 Å². The minimum Gasteiger partial charge on any atom is -0.321 e. The van der Waals surface area contributed by atoms with Crippen molar-refractivity contribution in [3.63, 3.8) is 0 Å². The molecule has 0 bridgehead atoms. The summed E-state index contributed by atoms with van der Waals surface area (Å²) in [6, 6.07) is 14.4. The Morgan fingerprint density at radius 1 is 1.00 bits per heavy atom. The van der Waals surface area contributed by atoms with E-state index in [0.717, 1.165) is 6.07 Å². The van der Waals surface area contributed by atoms with Gasteiger partial charge in [-0.2, -0.15) is 0 Å². The van der Waals surface area contributed by atoms with Crippen molar-refractivity contribution in [3.05, 3.63) is 93.8 Å². The van der Waals surface area contributed by atoms with Gasteiger partial charge in [0.05, 0.1) is 21.2 Å². The quantitative estimate of drug-likeness (QED) is 0.452. The van der Waals surface area contributed by atoms with Crippen LogP contribution in [0.5, 0.6) is 0 Å². The summed E-state index contributed by atoms with van der Waals surface area (Å²) in [6.07, 6.45) is 0. The Morgan fingerprint density at radius 2 is 1.67 bits per heavy atom. The Kier molecular flexibility index (Phi) is 5.79. The number of para-hydroxylation sites is 1. The molecule has 0 fully saturated rings. The summed E-state index contributed by atoms with van der Waals surface area (Å²) in [5.41, 5.74) is 0.678. The van der Waals surface area contributed by atoms with Crippen molar-refractivity contribution in [2.75, 3.05) is 10.0 Å². The highest BCUT2D eigenvalue weighted by Gasteiger charge is 2.18. The van der Waals surface area contributed by atoms with Gasteiger partial charge >= 0.3 is 0 Å². The standard InChI is InChI=1S/C20H16FN3O5S/c1-13-6-9-15(24(26)27)12-19(13)22-20(25)14-7-10-16(11-8-14)30(28,29)23-18-5-3-2-4-17(18)21/h2-12,23H,1H3,(H,22,25). The summed E-state index contributed by atoms with van der Waals surface area (Å²) in [7, 11) is -4.06. The van der Waals surface area contributed by atoms with Crippen LogP contribution in [-0.2, 0) is 10.0 Å². The van der Waals surface area contributed by atoms with E-state index in [9.17, 15) is 27.7 Å². The summed E-state index contributed by atoms with van der Waals surface area (Å²) >= 11 is 0. The van der Waals surface area contributed by atoms with E-state index in [0.29, 0.717) is 5.56 Å². The average molecular weight is 429 g/mol. The first-order valence-corrected chi connectivity index (χ1v) is 10.1. The molecule has 0 aliphatic rings. The zero-order chi connectivity index (χ0) is 21.9. The maximum atomic E-state index is 13.7. The Bertz CT molecular complexity index is 1230. The van der Waals surface area contributed by atoms with Crippen LogP contribution >= 0.6 is 0 Å². The summed E-state index contributed by atoms with van der Waals surface area (Å²) in [5, 5.41) is 13.5. The molecule has 3 aromatic rings. The fraction of sp³-hybridized carbons (Fsp3) is 0.0500. The molecule has 3 aromatic carbocycles. The van der Waals surface area contributed by atoms with Gasteiger partial charge in [0.25, 0.3) is 21.6 Å². The number of anilines is 2. The van der Waals surface area contributed by atoms with Crippen molar-refractivity contribution < 1.29 is 22.5 Å². The fourth-order valence-electron chi connectivity index (χ4n) is 2.59. The predicted molar refractivity (Wildman–Crippen MR) is 109 cm³/mol. The Morgan fingerprint density at radius 3 is 2.30 bits per heavy atom. The molecule has 0 aliphatic heterocycles. The highest BCUT2D eigenvalue weighted by Crippen LogP contribution is 2.23. The molecule has 2 N–H and O–H groups in total. The van der Waals surface area contributed by atoms with Crippen LogP contribution in [0.25, 0.3) is 0 Å². The molecule has 10 heteroatoms. The van der Waals surface area contributed by atoms with Gasteiger partial charge in [-0.25, -0.2) is 12.8 Å². The first kappa shape index (κ1) is 20.9. The number of hydrogen-bond acceptors (Lipinski definition) is 5. The molecular formula is C20H16FN3O5S. The molecule has 8 nitrogen and oxygen atoms in total. The van der Waals surface area contributed by atoms with Crippen molar-refractivity contribution in [2.24, 2.45) is 0 Å². The number of non-ortho nitro benzene ring substituents is 1. The number of nitro benzene ring substituents is 1. The largest absolute Gasteiger partial charge is 0.321 e. The Labute approximate surface area is 171 Å². The second-order valence-corrected chi connectivity index (χ2v) is 8.00. The molecule has 0 heterocycles. The monoisotopic (exact) mass is 429 g/mol. The maximum Gasteiger partial charge on any atom is 0.271 e. The predicted octanol–water partition coefficient (Wildman–Crippen LogP) is 4.10. The molecule has 0 atom stereocenters. The second-order valence-electron chi connectivity index (χ2n) is 6.32. The van der Waals surface area contributed by atoms with Crippen LogP contribution in [0.2, 0.25) is 0 Å². The topological polar surface area (TPSA) is 118 Å². The van der Waals surface area contributed by atoms with Crippen LogP contribution < -0.4 is 10.0 Å². The van der Waals surface area contributed by atoms with E-state index in [-0.39, 0.29) is 27.5 Å². The van der Waals surface area contributed by atoms with Crippen molar-refractivity contribution >= 4 is 33.0 Å². The average Bonchev–Trinajstić information content (AvgIpc) is 2.71. The molecule has 0 saturated heterocycles. The fourth-order valence-corrected chi connectivity index (χ4v) is 3.65. The molecule has 0 saturated carbocycles. The Hall–Kier alpha value is -3.79. The first-order chi connectivity index (χ1) is 14.2. The van der Waals surface area contributed by atoms with Gasteiger partial charge in [0.15, 0.2) is 0 Å². The van der Waals surface area contributed by atoms with E-state index in [1.807, 2.05) is 0 Å². The molecule has 0 radical (unpaired) electrons. The lowest BCUT2D eigenvalue weighted by molar-refractivity contribution is -0.384. The molecule has 3 rings (SSSR count). The van der Waals surface area contributed by atoms with E-state index in [2.05, 4.69) is 10.0 Å².